The Morgan fingerprint density at radius 1 is 1.60 bits per heavy atom. The Balaban J connectivity index is 3.46. The van der Waals surface area contributed by atoms with Crippen molar-refractivity contribution in [2.24, 2.45) is 7.05 Å². The highest BCUT2D eigenvalue weighted by Crippen LogP contribution is 1.98. The molecule has 0 aliphatic heterocycles. The van der Waals surface area contributed by atoms with Gasteiger partial charge in [-0.25, -0.2) is 0 Å². The maximum atomic E-state index is 10.9. The van der Waals surface area contributed by atoms with Crippen molar-refractivity contribution in [2.45, 2.75) is 0 Å². The van der Waals surface area contributed by atoms with E-state index in [1.54, 1.807) is 7.05 Å². The maximum absolute atomic E-state index is 10.9. The summed E-state index contributed by atoms with van der Waals surface area (Å²) in [5.41, 5.74) is 0.207. The molecule has 0 atom stereocenters. The molecule has 4 heteroatoms. The van der Waals surface area contributed by atoms with Gasteiger partial charge in [-0.05, 0) is 12.1 Å². The van der Waals surface area contributed by atoms with Crippen LogP contribution in [0, 0.1) is 0 Å². The maximum Gasteiger partial charge on any atom is 0.250 e. The molecule has 1 rings (SSSR count). The van der Waals surface area contributed by atoms with Gasteiger partial charge in [-0.15, -0.1) is 0 Å². The molecule has 0 saturated heterocycles. The Bertz CT molecular complexity index is 307. The Kier molecular flexibility index (Phi) is 1.86. The van der Waals surface area contributed by atoms with E-state index < -0.39 is 0 Å². The number of hydrogen-bond acceptors (Lipinski definition) is 1. The van der Waals surface area contributed by atoms with Gasteiger partial charge in [0.2, 0.25) is 0 Å². The molecule has 0 amide bonds. The van der Waals surface area contributed by atoms with Gasteiger partial charge in [-0.3, -0.25) is 4.79 Å². The van der Waals surface area contributed by atoms with E-state index in [1.165, 1.54) is 16.7 Å². The summed E-state index contributed by atoms with van der Waals surface area (Å²) in [5.74, 6) is 0. The first kappa shape index (κ1) is 7.41. The molecular weight excluding hydrogens is 148 g/mol. The fourth-order valence-electron chi connectivity index (χ4n) is 0.621. The van der Waals surface area contributed by atoms with Crippen LogP contribution in [0.25, 0.3) is 0 Å². The van der Waals surface area contributed by atoms with Crippen LogP contribution in [0.2, 0.25) is 5.15 Å². The third-order valence-corrected chi connectivity index (χ3v) is 1.59. The number of nitrogens with zero attached hydrogens (tertiary/aromatic N) is 1. The third kappa shape index (κ3) is 1.24. The van der Waals surface area contributed by atoms with Crippen molar-refractivity contribution in [1.82, 2.24) is 4.57 Å². The highest BCUT2D eigenvalue weighted by Gasteiger charge is 1.95. The van der Waals surface area contributed by atoms with Crippen LogP contribution in [0.1, 0.15) is 0 Å². The van der Waals surface area contributed by atoms with Gasteiger partial charge < -0.3 is 4.57 Å². The highest BCUT2D eigenvalue weighted by atomic mass is 35.5. The predicted octanol–water partition coefficient (Wildman–Crippen LogP) is -0.168. The van der Waals surface area contributed by atoms with Gasteiger partial charge in [0.25, 0.3) is 5.56 Å². The Morgan fingerprint density at radius 3 is 2.70 bits per heavy atom. The van der Waals surface area contributed by atoms with Crippen LogP contribution >= 0.6 is 11.6 Å². The van der Waals surface area contributed by atoms with Crippen molar-refractivity contribution in [3.8, 4) is 0 Å². The molecule has 0 N–H and O–H groups in total. The topological polar surface area (TPSA) is 22.0 Å². The van der Waals surface area contributed by atoms with Gasteiger partial charge in [0.15, 0.2) is 0 Å². The molecule has 50 valence electrons. The fourth-order valence-corrected chi connectivity index (χ4v) is 0.830. The molecule has 0 aliphatic rings. The number of hydrogen-bond donors (Lipinski definition) is 0. The van der Waals surface area contributed by atoms with Crippen LogP contribution in [0.15, 0.2) is 16.9 Å². The lowest BCUT2D eigenvalue weighted by Gasteiger charge is -2.00. The summed E-state index contributed by atoms with van der Waals surface area (Å²) in [6.45, 7) is 0. The van der Waals surface area contributed by atoms with Crippen LogP contribution in [0.3, 0.4) is 0 Å². The average Bonchev–Trinajstić information content (AvgIpc) is 1.82. The Labute approximate surface area is 64.8 Å². The molecular formula is C6H5BClNO. The second-order valence-corrected chi connectivity index (χ2v) is 2.40. The van der Waals surface area contributed by atoms with Crippen LogP contribution in [0.5, 0.6) is 0 Å². The van der Waals surface area contributed by atoms with Gasteiger partial charge in [-0.1, -0.05) is 17.1 Å². The molecule has 0 aliphatic carbocycles. The summed E-state index contributed by atoms with van der Waals surface area (Å²) in [4.78, 5) is 10.9. The van der Waals surface area contributed by atoms with E-state index in [-0.39, 0.29) is 5.56 Å². The number of pyridine rings is 1. The third-order valence-electron chi connectivity index (χ3n) is 1.23. The lowest BCUT2D eigenvalue weighted by atomic mass is 9.98. The molecule has 10 heavy (non-hydrogen) atoms. The first-order valence-corrected chi connectivity index (χ1v) is 3.11. The Hall–Kier alpha value is -0.695. The van der Waals surface area contributed by atoms with Crippen molar-refractivity contribution < 1.29 is 0 Å². The lowest BCUT2D eigenvalue weighted by Crippen LogP contribution is -2.22. The van der Waals surface area contributed by atoms with Crippen molar-refractivity contribution in [2.75, 3.05) is 0 Å². The summed E-state index contributed by atoms with van der Waals surface area (Å²) in [6.07, 6.45) is 0. The van der Waals surface area contributed by atoms with E-state index in [9.17, 15) is 4.79 Å². The van der Waals surface area contributed by atoms with Crippen molar-refractivity contribution in [3.05, 3.63) is 27.6 Å². The van der Waals surface area contributed by atoms with E-state index in [0.29, 0.717) is 10.6 Å². The smallest absolute Gasteiger partial charge is 0.250 e. The monoisotopic (exact) mass is 153 g/mol. The average molecular weight is 153 g/mol. The van der Waals surface area contributed by atoms with E-state index >= 15 is 0 Å². The SMILES string of the molecule is [B]c1cc(Cl)n(C)c(=O)c1. The molecule has 2 radical (unpaired) electrons. The van der Waals surface area contributed by atoms with Gasteiger partial charge in [0.05, 0.1) is 0 Å². The summed E-state index contributed by atoms with van der Waals surface area (Å²) in [5, 5.41) is 0.352. The lowest BCUT2D eigenvalue weighted by molar-refractivity contribution is 0.864. The zero-order valence-electron chi connectivity index (χ0n) is 5.47. The zero-order chi connectivity index (χ0) is 7.72. The van der Waals surface area contributed by atoms with E-state index in [4.69, 9.17) is 19.4 Å². The van der Waals surface area contributed by atoms with Crippen LogP contribution < -0.4 is 11.0 Å². The first-order valence-electron chi connectivity index (χ1n) is 2.73. The quantitative estimate of drug-likeness (QED) is 0.375. The largest absolute Gasteiger partial charge is 0.302 e. The molecule has 1 heterocycles. The Morgan fingerprint density at radius 2 is 2.20 bits per heavy atom. The summed E-state index contributed by atoms with van der Waals surface area (Å²) in [6, 6.07) is 2.86. The number of aromatic nitrogens is 1. The van der Waals surface area contributed by atoms with Gasteiger partial charge in [0, 0.05) is 7.05 Å². The molecule has 2 nitrogen and oxygen atoms in total. The summed E-state index contributed by atoms with van der Waals surface area (Å²) >= 11 is 5.60. The predicted molar refractivity (Wildman–Crippen MR) is 42.1 cm³/mol. The van der Waals surface area contributed by atoms with Gasteiger partial charge in [0.1, 0.15) is 13.0 Å². The number of rotatable bonds is 0. The van der Waals surface area contributed by atoms with Gasteiger partial charge in [-0.2, -0.15) is 0 Å². The summed E-state index contributed by atoms with van der Waals surface area (Å²) < 4.78 is 1.32. The van der Waals surface area contributed by atoms with Crippen molar-refractivity contribution in [1.29, 1.82) is 0 Å². The zero-order valence-corrected chi connectivity index (χ0v) is 6.22. The summed E-state index contributed by atoms with van der Waals surface area (Å²) in [7, 11) is 6.92. The second kappa shape index (κ2) is 2.50. The van der Waals surface area contributed by atoms with Crippen molar-refractivity contribution >= 4 is 24.9 Å². The standard InChI is InChI=1S/C6H5BClNO/c1-9-5(8)2-4(7)3-6(9)10/h2-3H,1H3. The minimum atomic E-state index is -0.190. The molecule has 0 saturated carbocycles. The van der Waals surface area contributed by atoms with E-state index in [2.05, 4.69) is 0 Å². The normalized spacial score (nSPS) is 9.80. The van der Waals surface area contributed by atoms with Gasteiger partial charge >= 0.3 is 0 Å². The molecule has 0 unspecified atom stereocenters. The minimum absolute atomic E-state index is 0.190. The van der Waals surface area contributed by atoms with Crippen LogP contribution in [-0.2, 0) is 7.05 Å². The molecule has 0 fully saturated rings. The van der Waals surface area contributed by atoms with Crippen LogP contribution in [0.4, 0.5) is 0 Å². The van der Waals surface area contributed by atoms with E-state index in [0.717, 1.165) is 0 Å². The fraction of sp³-hybridized carbons (Fsp3) is 0.167. The highest BCUT2D eigenvalue weighted by molar-refractivity contribution is 6.35. The van der Waals surface area contributed by atoms with Crippen LogP contribution in [-0.4, -0.2) is 12.4 Å². The number of halogens is 1. The molecule has 1 aromatic heterocycles. The molecule has 1 aromatic rings. The first-order chi connectivity index (χ1) is 4.61. The molecule has 0 spiro atoms. The minimum Gasteiger partial charge on any atom is -0.302 e. The molecule has 0 aromatic carbocycles. The second-order valence-electron chi connectivity index (χ2n) is 2.01. The molecule has 0 bridgehead atoms. The van der Waals surface area contributed by atoms with Crippen molar-refractivity contribution in [3.63, 3.8) is 0 Å². The van der Waals surface area contributed by atoms with E-state index in [1.807, 2.05) is 0 Å².